The van der Waals surface area contributed by atoms with Crippen LogP contribution in [0.2, 0.25) is 0 Å². The molecule has 2 unspecified atom stereocenters. The Bertz CT molecular complexity index is 558. The molecule has 0 amide bonds. The number of benzene rings is 1. The Labute approximate surface area is 118 Å². The van der Waals surface area contributed by atoms with Gasteiger partial charge >= 0.3 is 0 Å². The Kier molecular flexibility index (Phi) is 3.87. The number of hydrogen-bond donors (Lipinski definition) is 1. The third kappa shape index (κ3) is 3.00. The van der Waals surface area contributed by atoms with E-state index in [0.29, 0.717) is 6.04 Å². The van der Waals surface area contributed by atoms with Crippen molar-refractivity contribution in [2.24, 2.45) is 0 Å². The second kappa shape index (κ2) is 5.78. The number of nitrogens with one attached hydrogen (secondary N) is 1. The third-order valence-electron chi connectivity index (χ3n) is 3.59. The van der Waals surface area contributed by atoms with E-state index in [0.717, 1.165) is 22.1 Å². The summed E-state index contributed by atoms with van der Waals surface area (Å²) in [6.45, 7) is 2.24. The first-order valence-electron chi connectivity index (χ1n) is 6.95. The Morgan fingerprint density at radius 2 is 2.11 bits per heavy atom. The first-order valence-corrected chi connectivity index (χ1v) is 8.00. The predicted molar refractivity (Wildman–Crippen MR) is 82.7 cm³/mol. The van der Waals surface area contributed by atoms with Gasteiger partial charge in [0.05, 0.1) is 17.2 Å². The zero-order chi connectivity index (χ0) is 13.1. The average molecular weight is 273 g/mol. The molecule has 1 aromatic heterocycles. The summed E-state index contributed by atoms with van der Waals surface area (Å²) < 4.78 is 0. The molecule has 0 bridgehead atoms. The van der Waals surface area contributed by atoms with Gasteiger partial charge in [-0.05, 0) is 37.1 Å². The van der Waals surface area contributed by atoms with E-state index in [-0.39, 0.29) is 0 Å². The minimum atomic E-state index is 0.555. The summed E-state index contributed by atoms with van der Waals surface area (Å²) in [7, 11) is 0. The van der Waals surface area contributed by atoms with E-state index in [1.807, 2.05) is 30.5 Å². The second-order valence-electron chi connectivity index (χ2n) is 4.98. The van der Waals surface area contributed by atoms with Crippen molar-refractivity contribution in [1.29, 1.82) is 0 Å². The second-order valence-corrected chi connectivity index (χ2v) is 6.55. The molecule has 0 saturated heterocycles. The molecule has 100 valence electrons. The van der Waals surface area contributed by atoms with Crippen LogP contribution in [-0.4, -0.2) is 27.0 Å². The zero-order valence-electron chi connectivity index (χ0n) is 11.2. The highest BCUT2D eigenvalue weighted by Gasteiger charge is 2.24. The van der Waals surface area contributed by atoms with Crippen molar-refractivity contribution in [3.8, 4) is 0 Å². The topological polar surface area (TPSA) is 37.8 Å². The molecule has 1 aromatic carbocycles. The standard InChI is InChI=1S/C15H19N3S/c1-2-19-12-8-7-11(9-12)17-15-10-16-13-5-3-4-6-14(13)18-15/h3-6,10-12H,2,7-9H2,1H3,(H,17,18). The van der Waals surface area contributed by atoms with Gasteiger partial charge in [-0.15, -0.1) is 0 Å². The number of nitrogens with zero attached hydrogens (tertiary/aromatic N) is 2. The Morgan fingerprint density at radius 3 is 2.95 bits per heavy atom. The van der Waals surface area contributed by atoms with E-state index in [1.165, 1.54) is 25.0 Å². The van der Waals surface area contributed by atoms with Crippen molar-refractivity contribution in [2.45, 2.75) is 37.5 Å². The molecular weight excluding hydrogens is 254 g/mol. The summed E-state index contributed by atoms with van der Waals surface area (Å²) in [5.41, 5.74) is 1.92. The van der Waals surface area contributed by atoms with E-state index in [4.69, 9.17) is 0 Å². The van der Waals surface area contributed by atoms with Crippen LogP contribution >= 0.6 is 11.8 Å². The highest BCUT2D eigenvalue weighted by atomic mass is 32.2. The van der Waals surface area contributed by atoms with Crippen LogP contribution in [0.5, 0.6) is 0 Å². The van der Waals surface area contributed by atoms with Gasteiger partial charge < -0.3 is 5.32 Å². The summed E-state index contributed by atoms with van der Waals surface area (Å²) in [6.07, 6.45) is 5.65. The molecule has 0 radical (unpaired) electrons. The van der Waals surface area contributed by atoms with Crippen molar-refractivity contribution in [3.05, 3.63) is 30.5 Å². The van der Waals surface area contributed by atoms with Gasteiger partial charge in [0.1, 0.15) is 5.82 Å². The Morgan fingerprint density at radius 1 is 1.26 bits per heavy atom. The number of hydrogen-bond acceptors (Lipinski definition) is 4. The molecule has 1 saturated carbocycles. The van der Waals surface area contributed by atoms with Crippen LogP contribution in [0.4, 0.5) is 5.82 Å². The maximum atomic E-state index is 4.63. The van der Waals surface area contributed by atoms with Crippen molar-refractivity contribution >= 4 is 28.6 Å². The quantitative estimate of drug-likeness (QED) is 0.921. The predicted octanol–water partition coefficient (Wildman–Crippen LogP) is 3.72. The van der Waals surface area contributed by atoms with E-state index >= 15 is 0 Å². The Hall–Kier alpha value is -1.29. The number of rotatable bonds is 4. The fraction of sp³-hybridized carbons (Fsp3) is 0.467. The highest BCUT2D eigenvalue weighted by Crippen LogP contribution is 2.31. The molecule has 2 atom stereocenters. The van der Waals surface area contributed by atoms with Crippen LogP contribution in [0.25, 0.3) is 11.0 Å². The zero-order valence-corrected chi connectivity index (χ0v) is 12.0. The molecule has 1 aliphatic rings. The lowest BCUT2D eigenvalue weighted by Gasteiger charge is -2.13. The molecule has 1 N–H and O–H groups in total. The first-order chi connectivity index (χ1) is 9.35. The normalized spacial score (nSPS) is 22.8. The van der Waals surface area contributed by atoms with E-state index in [1.54, 1.807) is 0 Å². The van der Waals surface area contributed by atoms with Gasteiger partial charge in [0.25, 0.3) is 0 Å². The van der Waals surface area contributed by atoms with Gasteiger partial charge in [0.2, 0.25) is 0 Å². The number of thioether (sulfide) groups is 1. The van der Waals surface area contributed by atoms with Crippen LogP contribution in [-0.2, 0) is 0 Å². The van der Waals surface area contributed by atoms with Crippen LogP contribution in [0.1, 0.15) is 26.2 Å². The van der Waals surface area contributed by atoms with Crippen molar-refractivity contribution < 1.29 is 0 Å². The maximum absolute atomic E-state index is 4.63. The summed E-state index contributed by atoms with van der Waals surface area (Å²) in [5, 5.41) is 4.35. The molecule has 1 fully saturated rings. The average Bonchev–Trinajstić information content (AvgIpc) is 2.86. The summed E-state index contributed by atoms with van der Waals surface area (Å²) in [5.74, 6) is 2.12. The maximum Gasteiger partial charge on any atom is 0.145 e. The van der Waals surface area contributed by atoms with Crippen LogP contribution < -0.4 is 5.32 Å². The Balaban J connectivity index is 1.68. The lowest BCUT2D eigenvalue weighted by molar-refractivity contribution is 0.752. The summed E-state index contributed by atoms with van der Waals surface area (Å²) >= 11 is 2.08. The SMILES string of the molecule is CCSC1CCC(Nc2cnc3ccccc3n2)C1. The lowest BCUT2D eigenvalue weighted by atomic mass is 10.2. The number of fused-ring (bicyclic) bond motifs is 1. The van der Waals surface area contributed by atoms with Gasteiger partial charge in [-0.3, -0.25) is 4.98 Å². The van der Waals surface area contributed by atoms with Gasteiger partial charge in [0, 0.05) is 11.3 Å². The molecule has 2 aromatic rings. The first kappa shape index (κ1) is 12.7. The summed E-state index contributed by atoms with van der Waals surface area (Å²) in [4.78, 5) is 9.08. The largest absolute Gasteiger partial charge is 0.366 e. The van der Waals surface area contributed by atoms with Gasteiger partial charge in [-0.2, -0.15) is 11.8 Å². The lowest BCUT2D eigenvalue weighted by Crippen LogP contribution is -2.17. The van der Waals surface area contributed by atoms with E-state index in [9.17, 15) is 0 Å². The number of para-hydroxylation sites is 2. The molecule has 19 heavy (non-hydrogen) atoms. The smallest absolute Gasteiger partial charge is 0.145 e. The molecule has 4 heteroatoms. The molecule has 1 aliphatic carbocycles. The molecule has 1 heterocycles. The van der Waals surface area contributed by atoms with Crippen LogP contribution in [0.15, 0.2) is 30.5 Å². The van der Waals surface area contributed by atoms with Crippen LogP contribution in [0, 0.1) is 0 Å². The molecule has 3 nitrogen and oxygen atoms in total. The van der Waals surface area contributed by atoms with E-state index in [2.05, 4.69) is 34.0 Å². The fourth-order valence-electron chi connectivity index (χ4n) is 2.69. The molecule has 3 rings (SSSR count). The van der Waals surface area contributed by atoms with Gasteiger partial charge in [-0.1, -0.05) is 19.1 Å². The summed E-state index contributed by atoms with van der Waals surface area (Å²) in [6, 6.07) is 8.56. The van der Waals surface area contributed by atoms with Crippen molar-refractivity contribution in [1.82, 2.24) is 9.97 Å². The molecular formula is C15H19N3S. The van der Waals surface area contributed by atoms with Crippen molar-refractivity contribution in [3.63, 3.8) is 0 Å². The molecule has 0 spiro atoms. The van der Waals surface area contributed by atoms with E-state index < -0.39 is 0 Å². The minimum Gasteiger partial charge on any atom is -0.366 e. The van der Waals surface area contributed by atoms with Crippen LogP contribution in [0.3, 0.4) is 0 Å². The minimum absolute atomic E-state index is 0.555. The van der Waals surface area contributed by atoms with Gasteiger partial charge in [0.15, 0.2) is 0 Å². The fourth-order valence-corrected chi connectivity index (χ4v) is 3.84. The van der Waals surface area contributed by atoms with Gasteiger partial charge in [-0.25, -0.2) is 4.98 Å². The number of aromatic nitrogens is 2. The highest BCUT2D eigenvalue weighted by molar-refractivity contribution is 7.99. The van der Waals surface area contributed by atoms with Crippen molar-refractivity contribution in [2.75, 3.05) is 11.1 Å². The number of anilines is 1. The third-order valence-corrected chi connectivity index (χ3v) is 4.82. The monoisotopic (exact) mass is 273 g/mol. The molecule has 0 aliphatic heterocycles.